The fourth-order valence-electron chi connectivity index (χ4n) is 2.18. The zero-order valence-corrected chi connectivity index (χ0v) is 16.5. The van der Waals surface area contributed by atoms with Crippen LogP contribution >= 0.6 is 43.5 Å². The molecular formula is C17H12Br2ClN3O. The van der Waals surface area contributed by atoms with E-state index in [1.807, 2.05) is 42.5 Å². The molecule has 2 aromatic carbocycles. The second kappa shape index (κ2) is 7.51. The van der Waals surface area contributed by atoms with Gasteiger partial charge in [0.05, 0.1) is 21.7 Å². The second-order valence-electron chi connectivity index (χ2n) is 4.87. The lowest BCUT2D eigenvalue weighted by atomic mass is 10.1. The number of hydrogen-bond acceptors (Lipinski definition) is 4. The zero-order valence-electron chi connectivity index (χ0n) is 12.6. The van der Waals surface area contributed by atoms with Crippen molar-refractivity contribution in [2.45, 2.75) is 0 Å². The molecule has 0 unspecified atom stereocenters. The Morgan fingerprint density at radius 3 is 2.50 bits per heavy atom. The first-order valence-electron chi connectivity index (χ1n) is 6.96. The Labute approximate surface area is 161 Å². The number of nitrogens with zero attached hydrogens (tertiary/aromatic N) is 2. The summed E-state index contributed by atoms with van der Waals surface area (Å²) in [6, 6.07) is 13.2. The van der Waals surface area contributed by atoms with E-state index in [9.17, 15) is 0 Å². The highest BCUT2D eigenvalue weighted by molar-refractivity contribution is 9.11. The van der Waals surface area contributed by atoms with Gasteiger partial charge in [0, 0.05) is 22.5 Å². The van der Waals surface area contributed by atoms with Gasteiger partial charge in [-0.3, -0.25) is 0 Å². The molecule has 0 saturated heterocycles. The summed E-state index contributed by atoms with van der Waals surface area (Å²) in [6.45, 7) is 0. The average Bonchev–Trinajstić information content (AvgIpc) is 2.55. The standard InChI is InChI=1S/C17H12Br2ClN3O/c1-24-16-13(18)7-10(8-14(16)19)15-5-6-21-17(23-15)22-12-4-2-3-11(20)9-12/h2-9H,1H3,(H,21,22,23). The third-order valence-electron chi connectivity index (χ3n) is 3.23. The van der Waals surface area contributed by atoms with Gasteiger partial charge in [-0.2, -0.15) is 0 Å². The summed E-state index contributed by atoms with van der Waals surface area (Å²) in [4.78, 5) is 8.81. The molecule has 0 amide bonds. The third-order valence-corrected chi connectivity index (χ3v) is 4.65. The van der Waals surface area contributed by atoms with E-state index in [2.05, 4.69) is 47.1 Å². The molecule has 0 saturated carbocycles. The molecule has 1 heterocycles. The van der Waals surface area contributed by atoms with Gasteiger partial charge >= 0.3 is 0 Å². The summed E-state index contributed by atoms with van der Waals surface area (Å²) in [6.07, 6.45) is 1.71. The number of benzene rings is 2. The number of ether oxygens (including phenoxy) is 1. The molecule has 0 atom stereocenters. The molecule has 0 spiro atoms. The number of nitrogens with one attached hydrogen (secondary N) is 1. The lowest BCUT2D eigenvalue weighted by Crippen LogP contribution is -1.98. The normalized spacial score (nSPS) is 10.5. The molecule has 0 aliphatic heterocycles. The second-order valence-corrected chi connectivity index (χ2v) is 7.02. The maximum absolute atomic E-state index is 6.00. The van der Waals surface area contributed by atoms with Gasteiger partial charge in [0.1, 0.15) is 5.75 Å². The molecule has 4 nitrogen and oxygen atoms in total. The fraction of sp³-hybridized carbons (Fsp3) is 0.0588. The van der Waals surface area contributed by atoms with Crippen LogP contribution in [0.3, 0.4) is 0 Å². The first kappa shape index (κ1) is 17.2. The van der Waals surface area contributed by atoms with E-state index in [1.54, 1.807) is 13.3 Å². The predicted octanol–water partition coefficient (Wildman–Crippen LogP) is 6.07. The molecule has 24 heavy (non-hydrogen) atoms. The topological polar surface area (TPSA) is 47.0 Å². The van der Waals surface area contributed by atoms with Gasteiger partial charge in [0.15, 0.2) is 0 Å². The number of hydrogen-bond donors (Lipinski definition) is 1. The van der Waals surface area contributed by atoms with Crippen LogP contribution in [-0.4, -0.2) is 17.1 Å². The highest BCUT2D eigenvalue weighted by atomic mass is 79.9. The minimum absolute atomic E-state index is 0.498. The van der Waals surface area contributed by atoms with Crippen molar-refractivity contribution in [3.63, 3.8) is 0 Å². The molecule has 0 radical (unpaired) electrons. The molecule has 0 fully saturated rings. The highest BCUT2D eigenvalue weighted by Crippen LogP contribution is 2.37. The Balaban J connectivity index is 1.93. The smallest absolute Gasteiger partial charge is 0.227 e. The van der Waals surface area contributed by atoms with Crippen LogP contribution in [-0.2, 0) is 0 Å². The van der Waals surface area contributed by atoms with Crippen molar-refractivity contribution in [3.05, 3.63) is 62.6 Å². The molecule has 1 aromatic heterocycles. The Kier molecular flexibility index (Phi) is 5.38. The van der Waals surface area contributed by atoms with Crippen LogP contribution < -0.4 is 10.1 Å². The molecule has 0 aliphatic carbocycles. The largest absolute Gasteiger partial charge is 0.494 e. The molecule has 0 bridgehead atoms. The van der Waals surface area contributed by atoms with E-state index in [4.69, 9.17) is 16.3 Å². The number of halogens is 3. The number of rotatable bonds is 4. The van der Waals surface area contributed by atoms with Crippen molar-refractivity contribution in [3.8, 4) is 17.0 Å². The maximum atomic E-state index is 6.00. The van der Waals surface area contributed by atoms with Gasteiger partial charge in [-0.1, -0.05) is 17.7 Å². The van der Waals surface area contributed by atoms with Crippen molar-refractivity contribution in [1.29, 1.82) is 0 Å². The van der Waals surface area contributed by atoms with Gasteiger partial charge in [0.2, 0.25) is 5.95 Å². The lowest BCUT2D eigenvalue weighted by Gasteiger charge is -2.10. The van der Waals surface area contributed by atoms with E-state index in [0.29, 0.717) is 11.0 Å². The number of aromatic nitrogens is 2. The maximum Gasteiger partial charge on any atom is 0.227 e. The van der Waals surface area contributed by atoms with Crippen LogP contribution in [0.4, 0.5) is 11.6 Å². The number of methoxy groups -OCH3 is 1. The SMILES string of the molecule is COc1c(Br)cc(-c2ccnc(Nc3cccc(Cl)c3)n2)cc1Br. The molecule has 7 heteroatoms. The first-order valence-corrected chi connectivity index (χ1v) is 8.92. The number of anilines is 2. The molecule has 3 rings (SSSR count). The monoisotopic (exact) mass is 467 g/mol. The quantitative estimate of drug-likeness (QED) is 0.504. The third kappa shape index (κ3) is 3.88. The van der Waals surface area contributed by atoms with Gasteiger partial charge in [-0.15, -0.1) is 0 Å². The van der Waals surface area contributed by atoms with Gasteiger partial charge in [-0.25, -0.2) is 9.97 Å². The van der Waals surface area contributed by atoms with Crippen molar-refractivity contribution >= 4 is 55.1 Å². The summed E-state index contributed by atoms with van der Waals surface area (Å²) in [5.41, 5.74) is 2.56. The van der Waals surface area contributed by atoms with Crippen molar-refractivity contribution in [1.82, 2.24) is 9.97 Å². The average molecular weight is 470 g/mol. The van der Waals surface area contributed by atoms with E-state index >= 15 is 0 Å². The van der Waals surface area contributed by atoms with E-state index in [1.165, 1.54) is 0 Å². The fourth-order valence-corrected chi connectivity index (χ4v) is 3.88. The summed E-state index contributed by atoms with van der Waals surface area (Å²) < 4.78 is 7.02. The van der Waals surface area contributed by atoms with Gasteiger partial charge < -0.3 is 10.1 Å². The van der Waals surface area contributed by atoms with E-state index in [-0.39, 0.29) is 0 Å². The summed E-state index contributed by atoms with van der Waals surface area (Å²) in [5, 5.41) is 3.80. The van der Waals surface area contributed by atoms with Crippen LogP contribution in [0.1, 0.15) is 0 Å². The minimum Gasteiger partial charge on any atom is -0.494 e. The molecule has 122 valence electrons. The molecular weight excluding hydrogens is 457 g/mol. The van der Waals surface area contributed by atoms with Crippen LogP contribution in [0.2, 0.25) is 5.02 Å². The highest BCUT2D eigenvalue weighted by Gasteiger charge is 2.11. The summed E-state index contributed by atoms with van der Waals surface area (Å²) in [7, 11) is 1.63. The van der Waals surface area contributed by atoms with Crippen molar-refractivity contribution < 1.29 is 4.74 Å². The Bertz CT molecular complexity index is 866. The molecule has 0 aliphatic rings. The van der Waals surface area contributed by atoms with Crippen LogP contribution in [0.15, 0.2) is 57.6 Å². The van der Waals surface area contributed by atoms with Crippen molar-refractivity contribution in [2.75, 3.05) is 12.4 Å². The summed E-state index contributed by atoms with van der Waals surface area (Å²) in [5.74, 6) is 1.24. The molecule has 3 aromatic rings. The van der Waals surface area contributed by atoms with E-state index in [0.717, 1.165) is 31.6 Å². The van der Waals surface area contributed by atoms with E-state index < -0.39 is 0 Å². The predicted molar refractivity (Wildman–Crippen MR) is 104 cm³/mol. The molecule has 1 N–H and O–H groups in total. The van der Waals surface area contributed by atoms with Gasteiger partial charge in [-0.05, 0) is 68.3 Å². The zero-order chi connectivity index (χ0) is 17.1. The van der Waals surface area contributed by atoms with Crippen LogP contribution in [0.5, 0.6) is 5.75 Å². The summed E-state index contributed by atoms with van der Waals surface area (Å²) >= 11 is 13.0. The van der Waals surface area contributed by atoms with Crippen LogP contribution in [0, 0.1) is 0 Å². The van der Waals surface area contributed by atoms with Crippen LogP contribution in [0.25, 0.3) is 11.3 Å². The van der Waals surface area contributed by atoms with Gasteiger partial charge in [0.25, 0.3) is 0 Å². The Morgan fingerprint density at radius 2 is 1.83 bits per heavy atom. The van der Waals surface area contributed by atoms with Crippen molar-refractivity contribution in [2.24, 2.45) is 0 Å². The first-order chi connectivity index (χ1) is 11.6. The Morgan fingerprint density at radius 1 is 1.08 bits per heavy atom. The minimum atomic E-state index is 0.498. The lowest BCUT2D eigenvalue weighted by molar-refractivity contribution is 0.409. The Hall–Kier alpha value is -1.63.